The van der Waals surface area contributed by atoms with Crippen LogP contribution in [0.2, 0.25) is 0 Å². The van der Waals surface area contributed by atoms with Crippen molar-refractivity contribution in [1.82, 2.24) is 39.9 Å². The number of fused-ring (bicyclic) bond motifs is 17. The molecule has 43 heavy (non-hydrogen) atoms. The summed E-state index contributed by atoms with van der Waals surface area (Å²) in [5.74, 6) is 3.53. The zero-order valence-electron chi connectivity index (χ0n) is 23.8. The van der Waals surface area contributed by atoms with E-state index in [0.717, 1.165) is 33.0 Å². The third-order valence-electron chi connectivity index (χ3n) is 7.23. The molecule has 3 aliphatic heterocycles. The predicted molar refractivity (Wildman–Crippen MR) is 172 cm³/mol. The van der Waals surface area contributed by atoms with Gasteiger partial charge in [0, 0.05) is 45.0 Å². The molecule has 3 aliphatic rings. The largest absolute Gasteiger partial charge is 0.328 e. The van der Waals surface area contributed by atoms with Gasteiger partial charge in [-0.3, -0.25) is 0 Å². The van der Waals surface area contributed by atoms with Gasteiger partial charge in [-0.15, -0.1) is 0 Å². The summed E-state index contributed by atoms with van der Waals surface area (Å²) in [4.78, 5) is 36.7. The summed E-state index contributed by atoms with van der Waals surface area (Å²) in [5, 5.41) is 1.89. The summed E-state index contributed by atoms with van der Waals surface area (Å²) in [6.45, 7) is 8.26. The van der Waals surface area contributed by atoms with Crippen LogP contribution in [0.3, 0.4) is 0 Å². The van der Waals surface area contributed by atoms with Crippen LogP contribution in [0.1, 0.15) is 25.5 Å². The fraction of sp³-hybridized carbons (Fsp3) is 0.0857. The van der Waals surface area contributed by atoms with Gasteiger partial charge in [0.1, 0.15) is 22.9 Å². The molecule has 5 aromatic rings. The van der Waals surface area contributed by atoms with Crippen molar-refractivity contribution in [3.63, 3.8) is 0 Å². The molecule has 0 aliphatic carbocycles. The molecule has 0 radical (unpaired) electrons. The molecule has 0 saturated carbocycles. The summed E-state index contributed by atoms with van der Waals surface area (Å²) in [6, 6.07) is 24.0. The molecule has 3 aromatic carbocycles. The molecule has 208 valence electrons. The van der Waals surface area contributed by atoms with Crippen molar-refractivity contribution in [3.8, 4) is 45.6 Å². The molecule has 8 rings (SSSR count). The van der Waals surface area contributed by atoms with Crippen LogP contribution in [-0.4, -0.2) is 39.9 Å². The summed E-state index contributed by atoms with van der Waals surface area (Å²) < 4.78 is 0. The Kier molecular flexibility index (Phi) is 6.63. The minimum atomic E-state index is 0.546. The van der Waals surface area contributed by atoms with Crippen LogP contribution >= 0.6 is 0 Å². The maximum Gasteiger partial charge on any atom is 0.164 e. The fourth-order valence-electron chi connectivity index (χ4n) is 5.24. The lowest BCUT2D eigenvalue weighted by Gasteiger charge is -2.02. The molecule has 8 nitrogen and oxygen atoms in total. The highest BCUT2D eigenvalue weighted by molar-refractivity contribution is 6.04. The number of hydrogen-bond donors (Lipinski definition) is 2. The van der Waals surface area contributed by atoms with Crippen molar-refractivity contribution in [2.24, 2.45) is 0 Å². The van der Waals surface area contributed by atoms with Gasteiger partial charge in [0.2, 0.25) is 0 Å². The van der Waals surface area contributed by atoms with Crippen LogP contribution in [0.5, 0.6) is 0 Å². The van der Waals surface area contributed by atoms with Crippen LogP contribution in [-0.2, 0) is 6.42 Å². The zero-order valence-corrected chi connectivity index (χ0v) is 23.8. The Hall–Kier alpha value is -5.76. The van der Waals surface area contributed by atoms with E-state index in [1.165, 1.54) is 0 Å². The van der Waals surface area contributed by atoms with E-state index in [1.54, 1.807) is 0 Å². The Bertz CT molecular complexity index is 2160. The second kappa shape index (κ2) is 10.9. The van der Waals surface area contributed by atoms with Crippen LogP contribution in [0.15, 0.2) is 104 Å². The molecular weight excluding hydrogens is 532 g/mol. The molecule has 2 aromatic heterocycles. The van der Waals surface area contributed by atoms with Crippen molar-refractivity contribution in [2.45, 2.75) is 20.3 Å². The summed E-state index contributed by atoms with van der Waals surface area (Å²) in [6.07, 6.45) is 8.42. The van der Waals surface area contributed by atoms with E-state index in [9.17, 15) is 0 Å². The fourth-order valence-corrected chi connectivity index (χ4v) is 5.24. The Morgan fingerprint density at radius 2 is 1.05 bits per heavy atom. The number of nitrogens with one attached hydrogen (secondary N) is 2. The van der Waals surface area contributed by atoms with Gasteiger partial charge in [-0.05, 0) is 0 Å². The van der Waals surface area contributed by atoms with Gasteiger partial charge in [0.15, 0.2) is 23.3 Å². The zero-order chi connectivity index (χ0) is 29.3. The molecule has 0 saturated heterocycles. The molecule has 0 spiro atoms. The maximum absolute atomic E-state index is 5.01. The van der Waals surface area contributed by atoms with Crippen molar-refractivity contribution >= 4 is 27.6 Å². The van der Waals surface area contributed by atoms with E-state index in [0.29, 0.717) is 58.2 Å². The molecule has 2 N–H and O–H groups in total. The molecular formula is C35H28N8. The van der Waals surface area contributed by atoms with Gasteiger partial charge in [-0.2, -0.15) is 0 Å². The van der Waals surface area contributed by atoms with Gasteiger partial charge in [0.25, 0.3) is 0 Å². The first-order valence-electron chi connectivity index (χ1n) is 14.3. The first-order valence-corrected chi connectivity index (χ1v) is 14.3. The van der Waals surface area contributed by atoms with E-state index >= 15 is 0 Å². The van der Waals surface area contributed by atoms with Gasteiger partial charge in [-0.1, -0.05) is 118 Å². The van der Waals surface area contributed by atoms with Crippen LogP contribution in [0, 0.1) is 0 Å². The van der Waals surface area contributed by atoms with E-state index < -0.39 is 0 Å². The predicted octanol–water partition coefficient (Wildman–Crippen LogP) is 7.83. The summed E-state index contributed by atoms with van der Waals surface area (Å²) >= 11 is 0. The molecule has 0 atom stereocenters. The maximum atomic E-state index is 5.01. The van der Waals surface area contributed by atoms with Crippen molar-refractivity contribution < 1.29 is 0 Å². The highest BCUT2D eigenvalue weighted by Gasteiger charge is 2.21. The highest BCUT2D eigenvalue weighted by atomic mass is 15.1. The Balaban J connectivity index is 0.00000147. The third-order valence-corrected chi connectivity index (χ3v) is 7.23. The van der Waals surface area contributed by atoms with Crippen molar-refractivity contribution in [3.05, 3.63) is 115 Å². The second-order valence-corrected chi connectivity index (χ2v) is 9.86. The van der Waals surface area contributed by atoms with Crippen molar-refractivity contribution in [1.29, 1.82) is 0 Å². The molecule has 8 heteroatoms. The van der Waals surface area contributed by atoms with Crippen molar-refractivity contribution in [2.75, 3.05) is 0 Å². The minimum Gasteiger partial charge on any atom is -0.328 e. The number of allylic oxidation sites excluding steroid dienone is 5. The average molecular weight is 561 g/mol. The number of aromatic amines is 2. The Labute approximate surface area is 248 Å². The molecule has 0 fully saturated rings. The number of hydrogen-bond acceptors (Lipinski definition) is 6. The average Bonchev–Trinajstić information content (AvgIpc) is 3.70. The van der Waals surface area contributed by atoms with Gasteiger partial charge in [0.05, 0.1) is 0 Å². The standard InChI is InChI=1S/C33H22N8.C2H6/c1-19-11-3-2-4-18-26-34-27(19)36-29-22-14-7-8-15-23(22)31(38-29)40-33-25-17-10-9-16-24(25)32(41-33)39-30-21-13-6-5-12-20(21)28(35-26)37-30;1-2/h2-17H,1,18H2,(H2,34,35,36,37,38,39,40,41);1-2H3/b4-2-,11-3-;. The third kappa shape index (κ3) is 4.68. The lowest BCUT2D eigenvalue weighted by Crippen LogP contribution is -1.98. The monoisotopic (exact) mass is 560 g/mol. The lowest BCUT2D eigenvalue weighted by atomic mass is 10.1. The minimum absolute atomic E-state index is 0.546. The summed E-state index contributed by atoms with van der Waals surface area (Å²) in [7, 11) is 0. The summed E-state index contributed by atoms with van der Waals surface area (Å²) in [5.41, 5.74) is 5.68. The van der Waals surface area contributed by atoms with E-state index in [2.05, 4.69) is 16.5 Å². The number of H-pyrrole nitrogens is 2. The lowest BCUT2D eigenvalue weighted by molar-refractivity contribution is 0.967. The molecule has 5 heterocycles. The first-order chi connectivity index (χ1) is 21.2. The molecule has 8 bridgehead atoms. The number of nitrogens with zero attached hydrogens (tertiary/aromatic N) is 6. The van der Waals surface area contributed by atoms with E-state index in [1.807, 2.05) is 111 Å². The second-order valence-electron chi connectivity index (χ2n) is 9.86. The van der Waals surface area contributed by atoms with Crippen LogP contribution in [0.4, 0.5) is 0 Å². The Morgan fingerprint density at radius 3 is 1.60 bits per heavy atom. The SMILES string of the molecule is C=C1/C=C\C=C/Cc2nc3nc(nc4[nH]c(nc5nc(nc1[nH]2)-c1ccccc1-5)c1ccccc41)-c1ccccc1-3.CC. The highest BCUT2D eigenvalue weighted by Crippen LogP contribution is 2.35. The number of benzene rings is 3. The number of aromatic nitrogens is 8. The smallest absolute Gasteiger partial charge is 0.164 e. The number of rotatable bonds is 0. The normalized spacial score (nSPS) is 14.1. The van der Waals surface area contributed by atoms with Gasteiger partial charge in [-0.25, -0.2) is 29.9 Å². The van der Waals surface area contributed by atoms with Gasteiger partial charge >= 0.3 is 0 Å². The van der Waals surface area contributed by atoms with Crippen LogP contribution in [0.25, 0.3) is 73.2 Å². The quantitative estimate of drug-likeness (QED) is 0.196. The molecule has 0 unspecified atom stereocenters. The van der Waals surface area contributed by atoms with Gasteiger partial charge < -0.3 is 9.97 Å². The van der Waals surface area contributed by atoms with E-state index in [-0.39, 0.29) is 0 Å². The first kappa shape index (κ1) is 26.2. The molecule has 0 amide bonds. The Morgan fingerprint density at radius 1 is 0.558 bits per heavy atom. The topological polar surface area (TPSA) is 109 Å². The van der Waals surface area contributed by atoms with Crippen LogP contribution < -0.4 is 0 Å². The van der Waals surface area contributed by atoms with E-state index in [4.69, 9.17) is 29.9 Å².